The van der Waals surface area contributed by atoms with Crippen molar-refractivity contribution in [1.82, 2.24) is 5.43 Å². The Hall–Kier alpha value is -2.66. The quantitative estimate of drug-likeness (QED) is 0.444. The number of hydrogen-bond acceptors (Lipinski definition) is 3. The van der Waals surface area contributed by atoms with Crippen molar-refractivity contribution < 1.29 is 9.21 Å². The van der Waals surface area contributed by atoms with E-state index in [2.05, 4.69) is 33.4 Å². The van der Waals surface area contributed by atoms with E-state index in [1.54, 1.807) is 0 Å². The van der Waals surface area contributed by atoms with Gasteiger partial charge in [-0.25, -0.2) is 5.43 Å². The summed E-state index contributed by atoms with van der Waals surface area (Å²) in [5.74, 6) is 1.16. The van der Waals surface area contributed by atoms with E-state index < -0.39 is 0 Å². The highest BCUT2D eigenvalue weighted by Gasteiger charge is 2.06. The summed E-state index contributed by atoms with van der Waals surface area (Å²) in [4.78, 5) is 12.0. The molecule has 4 nitrogen and oxygen atoms in total. The molecule has 5 heteroatoms. The summed E-state index contributed by atoms with van der Waals surface area (Å²) in [5.41, 5.74) is 8.04. The Morgan fingerprint density at radius 2 is 1.81 bits per heavy atom. The molecule has 3 rings (SSSR count). The molecule has 0 aliphatic carbocycles. The molecule has 0 saturated carbocycles. The molecule has 0 radical (unpaired) electrons. The molecule has 1 amide bonds. The summed E-state index contributed by atoms with van der Waals surface area (Å²) in [7, 11) is 0. The highest BCUT2D eigenvalue weighted by molar-refractivity contribution is 9.10. The van der Waals surface area contributed by atoms with Gasteiger partial charge >= 0.3 is 0 Å². The normalized spacial score (nSPS) is 11.1. The highest BCUT2D eigenvalue weighted by Crippen LogP contribution is 2.26. The Morgan fingerprint density at radius 3 is 2.56 bits per heavy atom. The molecule has 0 aliphatic rings. The van der Waals surface area contributed by atoms with Gasteiger partial charge in [-0.15, -0.1) is 0 Å². The number of rotatable bonds is 5. The molecular formula is C22H21BrN2O2. The molecule has 0 unspecified atom stereocenters. The number of furan rings is 1. The number of benzene rings is 2. The molecule has 0 atom stereocenters. The van der Waals surface area contributed by atoms with Crippen LogP contribution in [0.2, 0.25) is 0 Å². The number of aryl methyl sites for hydroxylation is 3. The first-order valence-electron chi connectivity index (χ1n) is 8.67. The van der Waals surface area contributed by atoms with Crippen molar-refractivity contribution in [1.29, 1.82) is 0 Å². The van der Waals surface area contributed by atoms with Gasteiger partial charge in [-0.3, -0.25) is 4.79 Å². The molecule has 1 N–H and O–H groups in total. The largest absolute Gasteiger partial charge is 0.455 e. The third kappa shape index (κ3) is 4.95. The van der Waals surface area contributed by atoms with Gasteiger partial charge in [0.05, 0.1) is 12.6 Å². The Labute approximate surface area is 167 Å². The molecule has 0 fully saturated rings. The zero-order valence-electron chi connectivity index (χ0n) is 15.5. The Kier molecular flexibility index (Phi) is 5.91. The van der Waals surface area contributed by atoms with Crippen LogP contribution in [0, 0.1) is 20.8 Å². The minimum Gasteiger partial charge on any atom is -0.455 e. The summed E-state index contributed by atoms with van der Waals surface area (Å²) in [6, 6.07) is 15.8. The molecule has 0 aliphatic heterocycles. The number of carbonyl (C=O) groups excluding carboxylic acids is 1. The van der Waals surface area contributed by atoms with Crippen LogP contribution in [0.4, 0.5) is 0 Å². The summed E-state index contributed by atoms with van der Waals surface area (Å²) < 4.78 is 6.80. The van der Waals surface area contributed by atoms with Crippen LogP contribution in [0.15, 0.2) is 62.5 Å². The van der Waals surface area contributed by atoms with Crippen LogP contribution >= 0.6 is 15.9 Å². The third-order valence-electron chi connectivity index (χ3n) is 4.40. The molecule has 0 spiro atoms. The summed E-state index contributed by atoms with van der Waals surface area (Å²) in [6.45, 7) is 6.13. The van der Waals surface area contributed by atoms with E-state index in [0.717, 1.165) is 21.4 Å². The van der Waals surface area contributed by atoms with Gasteiger partial charge in [0.2, 0.25) is 5.91 Å². The molecule has 0 saturated heterocycles. The lowest BCUT2D eigenvalue weighted by atomic mass is 10.0. The number of hydrazone groups is 1. The van der Waals surface area contributed by atoms with Gasteiger partial charge in [-0.2, -0.15) is 5.10 Å². The van der Waals surface area contributed by atoms with Crippen molar-refractivity contribution in [2.75, 3.05) is 0 Å². The van der Waals surface area contributed by atoms with Crippen molar-refractivity contribution in [3.05, 3.63) is 81.0 Å². The second-order valence-corrected chi connectivity index (χ2v) is 7.41. The van der Waals surface area contributed by atoms with Crippen LogP contribution in [-0.2, 0) is 11.2 Å². The van der Waals surface area contributed by atoms with Crippen LogP contribution in [0.5, 0.6) is 0 Å². The SMILES string of the molecule is Cc1ccc(CC(=O)N/N=C\c2ccc(-c3ccc(C)c(Br)c3)o2)cc1C. The number of halogens is 1. The van der Waals surface area contributed by atoms with E-state index >= 15 is 0 Å². The summed E-state index contributed by atoms with van der Waals surface area (Å²) >= 11 is 3.53. The molecule has 0 bridgehead atoms. The van der Waals surface area contributed by atoms with Gasteiger partial charge in [0.15, 0.2) is 0 Å². The van der Waals surface area contributed by atoms with E-state index in [1.165, 1.54) is 22.9 Å². The zero-order valence-corrected chi connectivity index (χ0v) is 17.1. The van der Waals surface area contributed by atoms with Crippen molar-refractivity contribution >= 4 is 28.1 Å². The second kappa shape index (κ2) is 8.35. The first-order chi connectivity index (χ1) is 12.9. The predicted octanol–water partition coefficient (Wildman–Crippen LogP) is 5.33. The number of hydrogen-bond donors (Lipinski definition) is 1. The van der Waals surface area contributed by atoms with Gasteiger partial charge in [0.25, 0.3) is 0 Å². The Bertz CT molecular complexity index is 1010. The van der Waals surface area contributed by atoms with Gasteiger partial charge in [-0.1, -0.05) is 46.3 Å². The van der Waals surface area contributed by atoms with Crippen molar-refractivity contribution in [3.8, 4) is 11.3 Å². The van der Waals surface area contributed by atoms with E-state index in [4.69, 9.17) is 4.42 Å². The number of carbonyl (C=O) groups is 1. The molecule has 2 aromatic carbocycles. The first-order valence-corrected chi connectivity index (χ1v) is 9.46. The van der Waals surface area contributed by atoms with Crippen LogP contribution in [0.3, 0.4) is 0 Å². The number of amides is 1. The topological polar surface area (TPSA) is 54.6 Å². The number of nitrogens with zero attached hydrogens (tertiary/aromatic N) is 1. The van der Waals surface area contributed by atoms with Gasteiger partial charge in [0, 0.05) is 10.0 Å². The van der Waals surface area contributed by atoms with Gasteiger partial charge < -0.3 is 4.42 Å². The lowest BCUT2D eigenvalue weighted by Gasteiger charge is -2.04. The second-order valence-electron chi connectivity index (χ2n) is 6.55. The maximum atomic E-state index is 12.0. The maximum absolute atomic E-state index is 12.0. The van der Waals surface area contributed by atoms with Crippen molar-refractivity contribution in [3.63, 3.8) is 0 Å². The molecular weight excluding hydrogens is 404 g/mol. The fourth-order valence-corrected chi connectivity index (χ4v) is 3.01. The third-order valence-corrected chi connectivity index (χ3v) is 5.25. The van der Waals surface area contributed by atoms with Crippen LogP contribution in [0.25, 0.3) is 11.3 Å². The van der Waals surface area contributed by atoms with Crippen LogP contribution in [-0.4, -0.2) is 12.1 Å². The lowest BCUT2D eigenvalue weighted by Crippen LogP contribution is -2.19. The minimum absolute atomic E-state index is 0.163. The van der Waals surface area contributed by atoms with E-state index in [-0.39, 0.29) is 5.91 Å². The molecule has 138 valence electrons. The fourth-order valence-electron chi connectivity index (χ4n) is 2.63. The minimum atomic E-state index is -0.163. The fraction of sp³-hybridized carbons (Fsp3) is 0.182. The molecule has 1 heterocycles. The number of nitrogens with one attached hydrogen (secondary N) is 1. The first kappa shape index (κ1) is 19.1. The Balaban J connectivity index is 1.59. The standard InChI is InChI=1S/C22H21BrN2O2/c1-14-4-6-17(10-16(14)3)11-22(26)25-24-13-19-8-9-21(27-19)18-7-5-15(2)20(23)12-18/h4-10,12-13H,11H2,1-3H3,(H,25,26)/b24-13-. The molecule has 27 heavy (non-hydrogen) atoms. The summed E-state index contributed by atoms with van der Waals surface area (Å²) in [6.07, 6.45) is 1.80. The van der Waals surface area contributed by atoms with Gasteiger partial charge in [0.1, 0.15) is 11.5 Å². The lowest BCUT2D eigenvalue weighted by molar-refractivity contribution is -0.120. The highest BCUT2D eigenvalue weighted by atomic mass is 79.9. The van der Waals surface area contributed by atoms with Crippen LogP contribution < -0.4 is 5.43 Å². The van der Waals surface area contributed by atoms with E-state index in [9.17, 15) is 4.79 Å². The zero-order chi connectivity index (χ0) is 19.4. The monoisotopic (exact) mass is 424 g/mol. The van der Waals surface area contributed by atoms with Crippen molar-refractivity contribution in [2.24, 2.45) is 5.10 Å². The maximum Gasteiger partial charge on any atom is 0.244 e. The molecule has 3 aromatic rings. The van der Waals surface area contributed by atoms with Gasteiger partial charge in [-0.05, 0) is 61.2 Å². The molecule has 1 aromatic heterocycles. The van der Waals surface area contributed by atoms with E-state index in [1.807, 2.05) is 62.4 Å². The average molecular weight is 425 g/mol. The van der Waals surface area contributed by atoms with E-state index in [0.29, 0.717) is 12.2 Å². The Morgan fingerprint density at radius 1 is 1.04 bits per heavy atom. The van der Waals surface area contributed by atoms with Crippen LogP contribution in [0.1, 0.15) is 28.0 Å². The van der Waals surface area contributed by atoms with Crippen molar-refractivity contribution in [2.45, 2.75) is 27.2 Å². The summed E-state index contributed by atoms with van der Waals surface area (Å²) in [5, 5.41) is 3.99. The average Bonchev–Trinajstić information content (AvgIpc) is 3.09. The predicted molar refractivity (Wildman–Crippen MR) is 112 cm³/mol. The smallest absolute Gasteiger partial charge is 0.244 e.